The third kappa shape index (κ3) is 3.68. The monoisotopic (exact) mass is 404 g/mol. The summed E-state index contributed by atoms with van der Waals surface area (Å²) in [5, 5.41) is 3.83. The van der Waals surface area contributed by atoms with Gasteiger partial charge in [-0.05, 0) is 50.8 Å². The van der Waals surface area contributed by atoms with E-state index in [2.05, 4.69) is 10.1 Å². The Morgan fingerprint density at radius 3 is 2.50 bits per heavy atom. The first-order chi connectivity index (χ1) is 13.4. The average Bonchev–Trinajstić information content (AvgIpc) is 3.40. The van der Waals surface area contributed by atoms with Crippen molar-refractivity contribution in [1.29, 1.82) is 0 Å². The summed E-state index contributed by atoms with van der Waals surface area (Å²) in [5.74, 6) is 1.26. The van der Waals surface area contributed by atoms with Gasteiger partial charge in [-0.1, -0.05) is 11.2 Å². The Kier molecular flexibility index (Phi) is 5.20. The molecule has 2 aliphatic heterocycles. The van der Waals surface area contributed by atoms with E-state index in [9.17, 15) is 13.2 Å². The van der Waals surface area contributed by atoms with E-state index in [-0.39, 0.29) is 16.7 Å². The van der Waals surface area contributed by atoms with Crippen molar-refractivity contribution in [2.24, 2.45) is 0 Å². The Balaban J connectivity index is 1.45. The van der Waals surface area contributed by atoms with Crippen LogP contribution in [0.15, 0.2) is 33.7 Å². The van der Waals surface area contributed by atoms with Gasteiger partial charge < -0.3 is 9.42 Å². The number of likely N-dealkylation sites (tertiary alicyclic amines) is 1. The SMILES string of the molecule is Cc1noc(C2CCN(C(=O)c3cccc(S(=O)(=O)N4CCCC4)c3)CC2)n1. The Hall–Kier alpha value is -2.26. The van der Waals surface area contributed by atoms with E-state index in [0.29, 0.717) is 43.5 Å². The van der Waals surface area contributed by atoms with Crippen LogP contribution in [0.3, 0.4) is 0 Å². The summed E-state index contributed by atoms with van der Waals surface area (Å²) in [6.07, 6.45) is 3.26. The Morgan fingerprint density at radius 2 is 1.86 bits per heavy atom. The number of aryl methyl sites for hydroxylation is 1. The lowest BCUT2D eigenvalue weighted by Crippen LogP contribution is -2.38. The topological polar surface area (TPSA) is 96.6 Å². The number of piperidine rings is 1. The van der Waals surface area contributed by atoms with Gasteiger partial charge in [-0.15, -0.1) is 0 Å². The molecule has 1 aromatic heterocycles. The minimum Gasteiger partial charge on any atom is -0.339 e. The molecule has 4 rings (SSSR count). The van der Waals surface area contributed by atoms with Gasteiger partial charge in [-0.25, -0.2) is 8.42 Å². The van der Waals surface area contributed by atoms with Crippen molar-refractivity contribution in [2.75, 3.05) is 26.2 Å². The molecule has 8 nitrogen and oxygen atoms in total. The third-order valence-electron chi connectivity index (χ3n) is 5.46. The van der Waals surface area contributed by atoms with Crippen molar-refractivity contribution in [3.63, 3.8) is 0 Å². The lowest BCUT2D eigenvalue weighted by molar-refractivity contribution is 0.0704. The predicted molar refractivity (Wildman–Crippen MR) is 101 cm³/mol. The second kappa shape index (κ2) is 7.63. The van der Waals surface area contributed by atoms with E-state index in [1.54, 1.807) is 30.0 Å². The number of rotatable bonds is 4. The number of carbonyl (C=O) groups excluding carboxylic acids is 1. The summed E-state index contributed by atoms with van der Waals surface area (Å²) < 4.78 is 32.3. The molecule has 28 heavy (non-hydrogen) atoms. The molecule has 2 aliphatic rings. The van der Waals surface area contributed by atoms with Gasteiger partial charge in [-0.3, -0.25) is 4.79 Å². The zero-order valence-corrected chi connectivity index (χ0v) is 16.7. The maximum Gasteiger partial charge on any atom is 0.253 e. The summed E-state index contributed by atoms with van der Waals surface area (Å²) in [7, 11) is -3.53. The van der Waals surface area contributed by atoms with Crippen LogP contribution in [0.1, 0.15) is 53.7 Å². The van der Waals surface area contributed by atoms with E-state index in [4.69, 9.17) is 4.52 Å². The Bertz CT molecular complexity index is 958. The first-order valence-electron chi connectivity index (χ1n) is 9.65. The number of benzene rings is 1. The molecule has 1 amide bonds. The lowest BCUT2D eigenvalue weighted by atomic mass is 9.96. The van der Waals surface area contributed by atoms with Crippen molar-refractivity contribution >= 4 is 15.9 Å². The van der Waals surface area contributed by atoms with Crippen LogP contribution >= 0.6 is 0 Å². The van der Waals surface area contributed by atoms with Gasteiger partial charge in [0.25, 0.3) is 5.91 Å². The van der Waals surface area contributed by atoms with Gasteiger partial charge >= 0.3 is 0 Å². The fourth-order valence-corrected chi connectivity index (χ4v) is 5.42. The van der Waals surface area contributed by atoms with Gasteiger partial charge in [0, 0.05) is 37.7 Å². The van der Waals surface area contributed by atoms with Gasteiger partial charge in [-0.2, -0.15) is 9.29 Å². The quantitative estimate of drug-likeness (QED) is 0.775. The van der Waals surface area contributed by atoms with Crippen molar-refractivity contribution in [2.45, 2.75) is 43.4 Å². The maximum absolute atomic E-state index is 12.9. The van der Waals surface area contributed by atoms with Crippen LogP contribution < -0.4 is 0 Å². The molecule has 0 unspecified atom stereocenters. The highest BCUT2D eigenvalue weighted by molar-refractivity contribution is 7.89. The maximum atomic E-state index is 12.9. The minimum atomic E-state index is -3.53. The van der Waals surface area contributed by atoms with Gasteiger partial charge in [0.15, 0.2) is 5.82 Å². The van der Waals surface area contributed by atoms with Crippen LogP contribution in [-0.2, 0) is 10.0 Å². The first-order valence-corrected chi connectivity index (χ1v) is 11.1. The zero-order valence-electron chi connectivity index (χ0n) is 15.9. The Labute approximate surface area is 164 Å². The molecule has 0 atom stereocenters. The number of sulfonamides is 1. The summed E-state index contributed by atoms with van der Waals surface area (Å²) in [6.45, 7) is 4.03. The van der Waals surface area contributed by atoms with E-state index in [0.717, 1.165) is 25.7 Å². The minimum absolute atomic E-state index is 0.140. The molecule has 0 radical (unpaired) electrons. The van der Waals surface area contributed by atoms with Crippen molar-refractivity contribution in [3.8, 4) is 0 Å². The Morgan fingerprint density at radius 1 is 1.14 bits per heavy atom. The third-order valence-corrected chi connectivity index (χ3v) is 7.35. The molecule has 0 spiro atoms. The fraction of sp³-hybridized carbons (Fsp3) is 0.526. The van der Waals surface area contributed by atoms with E-state index in [1.165, 1.54) is 10.4 Å². The van der Waals surface area contributed by atoms with Crippen LogP contribution in [0, 0.1) is 6.92 Å². The van der Waals surface area contributed by atoms with Crippen LogP contribution in [0.4, 0.5) is 0 Å². The van der Waals surface area contributed by atoms with E-state index in [1.807, 2.05) is 0 Å². The number of nitrogens with zero attached hydrogens (tertiary/aromatic N) is 4. The van der Waals surface area contributed by atoms with Crippen molar-refractivity contribution in [1.82, 2.24) is 19.3 Å². The number of hydrogen-bond acceptors (Lipinski definition) is 6. The van der Waals surface area contributed by atoms with Crippen LogP contribution in [0.2, 0.25) is 0 Å². The highest BCUT2D eigenvalue weighted by Crippen LogP contribution is 2.28. The number of aromatic nitrogens is 2. The van der Waals surface area contributed by atoms with E-state index >= 15 is 0 Å². The second-order valence-electron chi connectivity index (χ2n) is 7.39. The normalized spacial score (nSPS) is 19.2. The molecule has 9 heteroatoms. The summed E-state index contributed by atoms with van der Waals surface area (Å²) in [5.41, 5.74) is 0.410. The van der Waals surface area contributed by atoms with Crippen molar-refractivity contribution < 1.29 is 17.7 Å². The zero-order chi connectivity index (χ0) is 19.7. The molecule has 2 saturated heterocycles. The van der Waals surface area contributed by atoms with Crippen molar-refractivity contribution in [3.05, 3.63) is 41.5 Å². The molecular formula is C19H24N4O4S. The fourth-order valence-electron chi connectivity index (χ4n) is 3.86. The predicted octanol–water partition coefficient (Wildman–Crippen LogP) is 2.18. The van der Waals surface area contributed by atoms with Crippen LogP contribution in [0.25, 0.3) is 0 Å². The highest BCUT2D eigenvalue weighted by atomic mass is 32.2. The van der Waals surface area contributed by atoms with Gasteiger partial charge in [0.1, 0.15) is 0 Å². The number of amides is 1. The first kappa shape index (κ1) is 19.1. The van der Waals surface area contributed by atoms with Crippen LogP contribution in [0.5, 0.6) is 0 Å². The molecule has 0 aliphatic carbocycles. The molecule has 1 aromatic carbocycles. The molecule has 150 valence electrons. The molecule has 2 fully saturated rings. The van der Waals surface area contributed by atoms with Gasteiger partial charge in [0.05, 0.1) is 4.90 Å². The standard InChI is InChI=1S/C19H24N4O4S/c1-14-20-18(27-21-14)15-7-11-22(12-8-15)19(24)16-5-4-6-17(13-16)28(25,26)23-9-2-3-10-23/h4-6,13,15H,2-3,7-12H2,1H3. The van der Waals surface area contributed by atoms with Gasteiger partial charge in [0.2, 0.25) is 15.9 Å². The lowest BCUT2D eigenvalue weighted by Gasteiger charge is -2.30. The summed E-state index contributed by atoms with van der Waals surface area (Å²) in [4.78, 5) is 19.2. The largest absolute Gasteiger partial charge is 0.339 e. The smallest absolute Gasteiger partial charge is 0.253 e. The molecule has 0 saturated carbocycles. The van der Waals surface area contributed by atoms with E-state index < -0.39 is 10.0 Å². The molecular weight excluding hydrogens is 380 g/mol. The average molecular weight is 404 g/mol. The number of hydrogen-bond donors (Lipinski definition) is 0. The summed E-state index contributed by atoms with van der Waals surface area (Å²) >= 11 is 0. The highest BCUT2D eigenvalue weighted by Gasteiger charge is 2.30. The summed E-state index contributed by atoms with van der Waals surface area (Å²) in [6, 6.07) is 6.39. The molecule has 2 aromatic rings. The molecule has 0 N–H and O–H groups in total. The second-order valence-corrected chi connectivity index (χ2v) is 9.32. The molecule has 0 bridgehead atoms. The number of carbonyl (C=O) groups is 1. The molecule has 3 heterocycles. The van der Waals surface area contributed by atoms with Crippen LogP contribution in [-0.4, -0.2) is 59.8 Å².